The SMILES string of the molecule is CC1CCC(COc2ccc([C@@H](C)O)cc2Cl)O1. The lowest BCUT2D eigenvalue weighted by Gasteiger charge is -2.14. The summed E-state index contributed by atoms with van der Waals surface area (Å²) in [6.07, 6.45) is 2.09. The lowest BCUT2D eigenvalue weighted by molar-refractivity contribution is 0.0265. The second-order valence-electron chi connectivity index (χ2n) is 4.82. The predicted octanol–water partition coefficient (Wildman–Crippen LogP) is 3.34. The second kappa shape index (κ2) is 5.91. The Morgan fingerprint density at radius 2 is 2.28 bits per heavy atom. The highest BCUT2D eigenvalue weighted by atomic mass is 35.5. The number of hydrogen-bond donors (Lipinski definition) is 1. The average molecular weight is 271 g/mol. The number of halogens is 1. The van der Waals surface area contributed by atoms with Gasteiger partial charge in [0.05, 0.1) is 23.3 Å². The smallest absolute Gasteiger partial charge is 0.138 e. The summed E-state index contributed by atoms with van der Waals surface area (Å²) in [5.41, 5.74) is 0.790. The van der Waals surface area contributed by atoms with Gasteiger partial charge in [-0.25, -0.2) is 0 Å². The minimum absolute atomic E-state index is 0.160. The topological polar surface area (TPSA) is 38.7 Å². The van der Waals surface area contributed by atoms with Crippen molar-refractivity contribution in [3.8, 4) is 5.75 Å². The van der Waals surface area contributed by atoms with Gasteiger partial charge in [0.2, 0.25) is 0 Å². The van der Waals surface area contributed by atoms with Crippen molar-refractivity contribution in [2.75, 3.05) is 6.61 Å². The Morgan fingerprint density at radius 1 is 1.50 bits per heavy atom. The van der Waals surface area contributed by atoms with E-state index in [1.807, 2.05) is 6.07 Å². The standard InChI is InChI=1S/C14H19ClO3/c1-9-3-5-12(18-9)8-17-14-6-4-11(10(2)16)7-13(14)15/h4,6-7,9-10,12,16H,3,5,8H2,1-2H3/t9?,10-,12?/m1/s1. The number of benzene rings is 1. The van der Waals surface area contributed by atoms with Gasteiger partial charge in [-0.3, -0.25) is 0 Å². The van der Waals surface area contributed by atoms with Crippen molar-refractivity contribution < 1.29 is 14.6 Å². The molecular formula is C14H19ClO3. The van der Waals surface area contributed by atoms with Gasteiger partial charge in [0.15, 0.2) is 0 Å². The summed E-state index contributed by atoms with van der Waals surface area (Å²) >= 11 is 6.11. The van der Waals surface area contributed by atoms with E-state index in [1.54, 1.807) is 19.1 Å². The van der Waals surface area contributed by atoms with Crippen molar-refractivity contribution in [3.63, 3.8) is 0 Å². The van der Waals surface area contributed by atoms with Crippen LogP contribution in [-0.2, 0) is 4.74 Å². The van der Waals surface area contributed by atoms with Crippen molar-refractivity contribution in [3.05, 3.63) is 28.8 Å². The van der Waals surface area contributed by atoms with Crippen LogP contribution < -0.4 is 4.74 Å². The van der Waals surface area contributed by atoms with Crippen molar-refractivity contribution in [1.82, 2.24) is 0 Å². The van der Waals surface area contributed by atoms with E-state index in [0.717, 1.165) is 18.4 Å². The van der Waals surface area contributed by atoms with Crippen LogP contribution in [0.3, 0.4) is 0 Å². The molecule has 1 heterocycles. The second-order valence-corrected chi connectivity index (χ2v) is 5.23. The van der Waals surface area contributed by atoms with Gasteiger partial charge >= 0.3 is 0 Å². The number of aliphatic hydroxyl groups is 1. The largest absolute Gasteiger partial charge is 0.489 e. The molecule has 0 amide bonds. The van der Waals surface area contributed by atoms with E-state index in [1.165, 1.54) is 0 Å². The van der Waals surface area contributed by atoms with Gasteiger partial charge in [0.25, 0.3) is 0 Å². The van der Waals surface area contributed by atoms with Gasteiger partial charge in [-0.05, 0) is 44.4 Å². The molecule has 18 heavy (non-hydrogen) atoms. The monoisotopic (exact) mass is 270 g/mol. The van der Waals surface area contributed by atoms with Crippen LogP contribution >= 0.6 is 11.6 Å². The van der Waals surface area contributed by atoms with Crippen molar-refractivity contribution in [1.29, 1.82) is 0 Å². The van der Waals surface area contributed by atoms with Gasteiger partial charge in [-0.15, -0.1) is 0 Å². The molecule has 3 atom stereocenters. The molecule has 3 nitrogen and oxygen atoms in total. The molecule has 0 aromatic heterocycles. The zero-order valence-corrected chi connectivity index (χ0v) is 11.5. The fourth-order valence-electron chi connectivity index (χ4n) is 2.08. The third-order valence-electron chi connectivity index (χ3n) is 3.18. The van der Waals surface area contributed by atoms with Gasteiger partial charge < -0.3 is 14.6 Å². The van der Waals surface area contributed by atoms with Gasteiger partial charge in [0.1, 0.15) is 12.4 Å². The van der Waals surface area contributed by atoms with E-state index < -0.39 is 6.10 Å². The van der Waals surface area contributed by atoms with Crippen LogP contribution in [0.15, 0.2) is 18.2 Å². The van der Waals surface area contributed by atoms with Gasteiger partial charge in [0, 0.05) is 0 Å². The van der Waals surface area contributed by atoms with Crippen LogP contribution in [-0.4, -0.2) is 23.9 Å². The first kappa shape index (κ1) is 13.7. The van der Waals surface area contributed by atoms with Crippen LogP contribution in [0, 0.1) is 0 Å². The number of ether oxygens (including phenoxy) is 2. The highest BCUT2D eigenvalue weighted by Crippen LogP contribution is 2.29. The van der Waals surface area contributed by atoms with Crippen LogP contribution in [0.25, 0.3) is 0 Å². The summed E-state index contributed by atoms with van der Waals surface area (Å²) in [6, 6.07) is 5.35. The van der Waals surface area contributed by atoms with Crippen LogP contribution in [0.2, 0.25) is 5.02 Å². The highest BCUT2D eigenvalue weighted by molar-refractivity contribution is 6.32. The number of hydrogen-bond acceptors (Lipinski definition) is 3. The summed E-state index contributed by atoms with van der Waals surface area (Å²) < 4.78 is 11.3. The molecule has 1 saturated heterocycles. The van der Waals surface area contributed by atoms with Gasteiger partial charge in [-0.2, -0.15) is 0 Å². The summed E-state index contributed by atoms with van der Waals surface area (Å²) in [4.78, 5) is 0. The normalized spacial score (nSPS) is 25.1. The minimum Gasteiger partial charge on any atom is -0.489 e. The first-order chi connectivity index (χ1) is 8.56. The van der Waals surface area contributed by atoms with Crippen LogP contribution in [0.5, 0.6) is 5.75 Å². The number of aliphatic hydroxyl groups excluding tert-OH is 1. The Kier molecular flexibility index (Phi) is 4.49. The number of rotatable bonds is 4. The van der Waals surface area contributed by atoms with E-state index in [2.05, 4.69) is 6.92 Å². The minimum atomic E-state index is -0.518. The third kappa shape index (κ3) is 3.37. The fraction of sp³-hybridized carbons (Fsp3) is 0.571. The van der Waals surface area contributed by atoms with E-state index in [0.29, 0.717) is 23.5 Å². The van der Waals surface area contributed by atoms with E-state index in [9.17, 15) is 5.11 Å². The van der Waals surface area contributed by atoms with Crippen LogP contribution in [0.1, 0.15) is 38.4 Å². The molecule has 100 valence electrons. The van der Waals surface area contributed by atoms with Gasteiger partial charge in [-0.1, -0.05) is 17.7 Å². The van der Waals surface area contributed by atoms with E-state index in [4.69, 9.17) is 21.1 Å². The quantitative estimate of drug-likeness (QED) is 0.912. The first-order valence-electron chi connectivity index (χ1n) is 6.32. The maximum atomic E-state index is 9.45. The van der Waals surface area contributed by atoms with Crippen molar-refractivity contribution in [2.24, 2.45) is 0 Å². The Balaban J connectivity index is 1.93. The van der Waals surface area contributed by atoms with Crippen molar-refractivity contribution >= 4 is 11.6 Å². The lowest BCUT2D eigenvalue weighted by atomic mass is 10.1. The summed E-state index contributed by atoms with van der Waals surface area (Å²) in [5, 5.41) is 9.98. The first-order valence-corrected chi connectivity index (χ1v) is 6.70. The molecule has 1 N–H and O–H groups in total. The Morgan fingerprint density at radius 3 is 2.83 bits per heavy atom. The summed E-state index contributed by atoms with van der Waals surface area (Å²) in [5.74, 6) is 0.643. The molecule has 1 fully saturated rings. The molecule has 0 radical (unpaired) electrons. The Bertz CT molecular complexity index is 406. The molecule has 0 bridgehead atoms. The van der Waals surface area contributed by atoms with E-state index >= 15 is 0 Å². The predicted molar refractivity (Wildman–Crippen MR) is 71.1 cm³/mol. The zero-order valence-electron chi connectivity index (χ0n) is 10.7. The average Bonchev–Trinajstić information content (AvgIpc) is 2.73. The maximum absolute atomic E-state index is 9.45. The molecule has 1 aliphatic rings. The maximum Gasteiger partial charge on any atom is 0.138 e. The summed E-state index contributed by atoms with van der Waals surface area (Å²) in [7, 11) is 0. The summed E-state index contributed by atoms with van der Waals surface area (Å²) in [6.45, 7) is 4.31. The lowest BCUT2D eigenvalue weighted by Crippen LogP contribution is -2.18. The molecule has 0 saturated carbocycles. The highest BCUT2D eigenvalue weighted by Gasteiger charge is 2.22. The molecule has 1 aliphatic heterocycles. The molecular weight excluding hydrogens is 252 g/mol. The van der Waals surface area contributed by atoms with Crippen LogP contribution in [0.4, 0.5) is 0 Å². The third-order valence-corrected chi connectivity index (χ3v) is 3.48. The molecule has 0 spiro atoms. The molecule has 0 aliphatic carbocycles. The molecule has 4 heteroatoms. The fourth-order valence-corrected chi connectivity index (χ4v) is 2.33. The Labute approximate surface area is 113 Å². The molecule has 1 aromatic rings. The van der Waals surface area contributed by atoms with Crippen molar-refractivity contribution in [2.45, 2.75) is 45.0 Å². The molecule has 2 rings (SSSR count). The van der Waals surface area contributed by atoms with E-state index in [-0.39, 0.29) is 6.10 Å². The zero-order chi connectivity index (χ0) is 13.1. The molecule has 1 aromatic carbocycles. The Hall–Kier alpha value is -0.770. The molecule has 2 unspecified atom stereocenters.